The molecule has 2 aliphatic carbocycles. The number of aromatic hydroxyl groups is 1. The SMILES string of the molecule is COC1=C(OC)C2C3Cc4ccc(O)c(OC)c4C2(CCN3C)CC1=O. The summed E-state index contributed by atoms with van der Waals surface area (Å²) >= 11 is 0. The third-order valence-corrected chi connectivity index (χ3v) is 6.47. The lowest BCUT2D eigenvalue weighted by Crippen LogP contribution is -2.62. The number of rotatable bonds is 3. The molecule has 0 spiro atoms. The van der Waals surface area contributed by atoms with E-state index in [0.717, 1.165) is 30.5 Å². The van der Waals surface area contributed by atoms with Gasteiger partial charge in [0.25, 0.3) is 0 Å². The lowest BCUT2D eigenvalue weighted by atomic mass is 9.52. The largest absolute Gasteiger partial charge is 0.504 e. The van der Waals surface area contributed by atoms with Crippen molar-refractivity contribution in [2.24, 2.45) is 5.92 Å². The van der Waals surface area contributed by atoms with Crippen LogP contribution < -0.4 is 4.74 Å². The predicted molar refractivity (Wildman–Crippen MR) is 95.2 cm³/mol. The van der Waals surface area contributed by atoms with Crippen LogP contribution >= 0.6 is 0 Å². The second-order valence-corrected chi connectivity index (χ2v) is 7.49. The number of likely N-dealkylation sites (N-methyl/N-ethyl adjacent to an activating group) is 1. The molecule has 1 saturated heterocycles. The topological polar surface area (TPSA) is 68.2 Å². The fourth-order valence-corrected chi connectivity index (χ4v) is 5.43. The lowest BCUT2D eigenvalue weighted by molar-refractivity contribution is -0.125. The average Bonchev–Trinajstić information content (AvgIpc) is 2.63. The Morgan fingerprint density at radius 2 is 1.96 bits per heavy atom. The van der Waals surface area contributed by atoms with Crippen molar-refractivity contribution in [3.8, 4) is 11.5 Å². The van der Waals surface area contributed by atoms with Crippen LogP contribution in [-0.2, 0) is 26.1 Å². The Hall–Kier alpha value is -2.21. The maximum Gasteiger partial charge on any atom is 0.201 e. The molecule has 0 amide bonds. The van der Waals surface area contributed by atoms with E-state index in [9.17, 15) is 9.90 Å². The van der Waals surface area contributed by atoms with Gasteiger partial charge in [0.05, 0.1) is 21.3 Å². The van der Waals surface area contributed by atoms with Crippen LogP contribution in [0.1, 0.15) is 24.0 Å². The minimum Gasteiger partial charge on any atom is -0.504 e. The van der Waals surface area contributed by atoms with Crippen molar-refractivity contribution in [1.29, 1.82) is 0 Å². The molecule has 4 rings (SSSR count). The van der Waals surface area contributed by atoms with Crippen molar-refractivity contribution in [2.45, 2.75) is 30.7 Å². The van der Waals surface area contributed by atoms with Crippen LogP contribution in [0.25, 0.3) is 0 Å². The third kappa shape index (κ3) is 2.05. The number of Topliss-reactive ketones (excluding diaryl/α,β-unsaturated/α-hetero) is 1. The highest BCUT2D eigenvalue weighted by Gasteiger charge is 2.60. The number of ether oxygens (including phenoxy) is 3. The first-order valence-corrected chi connectivity index (χ1v) is 8.93. The number of ketones is 1. The minimum atomic E-state index is -0.445. The molecule has 1 N–H and O–H groups in total. The number of hydrogen-bond donors (Lipinski definition) is 1. The molecule has 0 aromatic heterocycles. The number of phenolic OH excluding ortho intramolecular Hbond substituents is 1. The maximum atomic E-state index is 12.9. The van der Waals surface area contributed by atoms with Gasteiger partial charge >= 0.3 is 0 Å². The molecule has 0 radical (unpaired) electrons. The Kier molecular flexibility index (Phi) is 3.91. The van der Waals surface area contributed by atoms with Gasteiger partial charge < -0.3 is 24.2 Å². The number of piperidine rings is 1. The zero-order valence-corrected chi connectivity index (χ0v) is 15.7. The molecule has 1 aliphatic heterocycles. The molecule has 1 fully saturated rings. The smallest absolute Gasteiger partial charge is 0.201 e. The van der Waals surface area contributed by atoms with Crippen LogP contribution in [0.3, 0.4) is 0 Å². The van der Waals surface area contributed by atoms with E-state index < -0.39 is 5.41 Å². The van der Waals surface area contributed by atoms with E-state index in [4.69, 9.17) is 14.2 Å². The van der Waals surface area contributed by atoms with Gasteiger partial charge in [0, 0.05) is 29.4 Å². The summed E-state index contributed by atoms with van der Waals surface area (Å²) in [4.78, 5) is 15.3. The Bertz CT molecular complexity index is 802. The van der Waals surface area contributed by atoms with Crippen molar-refractivity contribution < 1.29 is 24.1 Å². The summed E-state index contributed by atoms with van der Waals surface area (Å²) in [6, 6.07) is 3.85. The average molecular weight is 359 g/mol. The third-order valence-electron chi connectivity index (χ3n) is 6.47. The Morgan fingerprint density at radius 3 is 2.62 bits per heavy atom. The summed E-state index contributed by atoms with van der Waals surface area (Å²) in [5.41, 5.74) is 1.66. The van der Waals surface area contributed by atoms with Gasteiger partial charge in [0.2, 0.25) is 5.78 Å². The molecule has 1 aromatic rings. The first-order valence-electron chi connectivity index (χ1n) is 8.93. The molecule has 1 aromatic carbocycles. The van der Waals surface area contributed by atoms with E-state index in [-0.39, 0.29) is 23.5 Å². The number of likely N-dealkylation sites (tertiary alicyclic amines) is 1. The Labute approximate surface area is 153 Å². The molecule has 2 bridgehead atoms. The maximum absolute atomic E-state index is 12.9. The lowest BCUT2D eigenvalue weighted by Gasteiger charge is -2.57. The number of carbonyl (C=O) groups excluding carboxylic acids is 1. The first-order chi connectivity index (χ1) is 12.5. The van der Waals surface area contributed by atoms with Gasteiger partial charge in [-0.15, -0.1) is 0 Å². The van der Waals surface area contributed by atoms with E-state index in [1.54, 1.807) is 20.3 Å². The molecule has 3 unspecified atom stereocenters. The fraction of sp³-hybridized carbons (Fsp3) is 0.550. The molecule has 3 atom stereocenters. The zero-order valence-electron chi connectivity index (χ0n) is 15.7. The van der Waals surface area contributed by atoms with Crippen LogP contribution in [0.2, 0.25) is 0 Å². The number of allylic oxidation sites excluding steroid dienone is 1. The van der Waals surface area contributed by atoms with Crippen molar-refractivity contribution in [1.82, 2.24) is 4.90 Å². The Morgan fingerprint density at radius 1 is 1.19 bits per heavy atom. The number of benzene rings is 1. The van der Waals surface area contributed by atoms with Gasteiger partial charge in [-0.3, -0.25) is 4.79 Å². The molecule has 6 nitrogen and oxygen atoms in total. The number of nitrogens with zero attached hydrogens (tertiary/aromatic N) is 1. The van der Waals surface area contributed by atoms with Gasteiger partial charge in [-0.2, -0.15) is 0 Å². The Balaban J connectivity index is 2.04. The molecule has 1 heterocycles. The summed E-state index contributed by atoms with van der Waals surface area (Å²) in [5, 5.41) is 10.4. The molecule has 140 valence electrons. The highest BCUT2D eigenvalue weighted by atomic mass is 16.5. The predicted octanol–water partition coefficient (Wildman–Crippen LogP) is 1.99. The van der Waals surface area contributed by atoms with E-state index in [1.165, 1.54) is 7.11 Å². The molecule has 0 saturated carbocycles. The molecular weight excluding hydrogens is 334 g/mol. The summed E-state index contributed by atoms with van der Waals surface area (Å²) in [6.07, 6.45) is 1.95. The number of carbonyl (C=O) groups is 1. The second-order valence-electron chi connectivity index (χ2n) is 7.49. The van der Waals surface area contributed by atoms with Crippen LogP contribution in [-0.4, -0.2) is 56.8 Å². The monoisotopic (exact) mass is 359 g/mol. The summed E-state index contributed by atoms with van der Waals surface area (Å²) in [7, 11) is 6.81. The first kappa shape index (κ1) is 17.2. The van der Waals surface area contributed by atoms with E-state index in [0.29, 0.717) is 23.7 Å². The molecule has 6 heteroatoms. The normalized spacial score (nSPS) is 30.5. The summed E-state index contributed by atoms with van der Waals surface area (Å²) < 4.78 is 16.8. The van der Waals surface area contributed by atoms with Crippen LogP contribution in [0.5, 0.6) is 11.5 Å². The minimum absolute atomic E-state index is 0.0119. The van der Waals surface area contributed by atoms with Gasteiger partial charge in [-0.25, -0.2) is 0 Å². The van der Waals surface area contributed by atoms with Gasteiger partial charge in [0.15, 0.2) is 17.3 Å². The molecular formula is C20H25NO5. The second kappa shape index (κ2) is 5.91. The van der Waals surface area contributed by atoms with Gasteiger partial charge in [-0.05, 0) is 38.1 Å². The zero-order chi connectivity index (χ0) is 18.6. The van der Waals surface area contributed by atoms with Crippen molar-refractivity contribution in [2.75, 3.05) is 34.9 Å². The summed E-state index contributed by atoms with van der Waals surface area (Å²) in [5.74, 6) is 1.49. The van der Waals surface area contributed by atoms with Crippen molar-refractivity contribution in [3.05, 3.63) is 34.8 Å². The highest BCUT2D eigenvalue weighted by molar-refractivity contribution is 5.96. The number of hydrogen-bond acceptors (Lipinski definition) is 6. The standard InChI is InChI=1S/C20H25NO5/c1-21-8-7-20-10-14(23)18(25-3)19(26-4)16(20)12(21)9-11-5-6-13(22)17(24-2)15(11)20/h5-6,12,16,22H,7-10H2,1-4H3. The number of fused-ring (bicyclic) bond motifs is 1. The van der Waals surface area contributed by atoms with Crippen LogP contribution in [0, 0.1) is 5.92 Å². The highest BCUT2D eigenvalue weighted by Crippen LogP contribution is 2.59. The quantitative estimate of drug-likeness (QED) is 0.890. The summed E-state index contributed by atoms with van der Waals surface area (Å²) in [6.45, 7) is 0.881. The van der Waals surface area contributed by atoms with Crippen LogP contribution in [0.4, 0.5) is 0 Å². The van der Waals surface area contributed by atoms with Crippen molar-refractivity contribution in [3.63, 3.8) is 0 Å². The fourth-order valence-electron chi connectivity index (χ4n) is 5.43. The van der Waals surface area contributed by atoms with Crippen molar-refractivity contribution >= 4 is 5.78 Å². The van der Waals surface area contributed by atoms with E-state index >= 15 is 0 Å². The number of methoxy groups -OCH3 is 3. The van der Waals surface area contributed by atoms with E-state index in [2.05, 4.69) is 11.9 Å². The van der Waals surface area contributed by atoms with Gasteiger partial charge in [-0.1, -0.05) is 6.07 Å². The molecule has 3 aliphatic rings. The van der Waals surface area contributed by atoms with E-state index in [1.807, 2.05) is 6.07 Å². The van der Waals surface area contributed by atoms with Gasteiger partial charge in [0.1, 0.15) is 5.76 Å². The molecule has 26 heavy (non-hydrogen) atoms. The number of phenols is 1. The van der Waals surface area contributed by atoms with Crippen LogP contribution in [0.15, 0.2) is 23.7 Å².